The zero-order chi connectivity index (χ0) is 19.8. The van der Waals surface area contributed by atoms with Crippen molar-refractivity contribution in [3.8, 4) is 17.4 Å². The smallest absolute Gasteiger partial charge is 0.321 e. The molecule has 0 unspecified atom stereocenters. The van der Waals surface area contributed by atoms with Gasteiger partial charge in [0.05, 0.1) is 25.1 Å². The second-order valence-electron chi connectivity index (χ2n) is 6.68. The lowest BCUT2D eigenvalue weighted by Gasteiger charge is -2.32. The third-order valence-corrected chi connectivity index (χ3v) is 4.47. The monoisotopic (exact) mass is 385 g/mol. The number of aromatic nitrogens is 1. The van der Waals surface area contributed by atoms with Crippen LogP contribution in [-0.4, -0.2) is 48.8 Å². The van der Waals surface area contributed by atoms with Gasteiger partial charge in [-0.05, 0) is 37.5 Å². The first-order chi connectivity index (χ1) is 13.7. The molecule has 1 atom stereocenters. The Morgan fingerprint density at radius 3 is 2.89 bits per heavy atom. The van der Waals surface area contributed by atoms with Crippen LogP contribution in [0.25, 0.3) is 0 Å². The molecule has 150 valence electrons. The van der Waals surface area contributed by atoms with E-state index in [-0.39, 0.29) is 12.1 Å². The Labute approximate surface area is 165 Å². The summed E-state index contributed by atoms with van der Waals surface area (Å²) in [6.07, 6.45) is 4.65. The van der Waals surface area contributed by atoms with Gasteiger partial charge in [-0.3, -0.25) is 0 Å². The van der Waals surface area contributed by atoms with E-state index in [0.29, 0.717) is 29.6 Å². The van der Waals surface area contributed by atoms with Gasteiger partial charge in [0, 0.05) is 31.8 Å². The summed E-state index contributed by atoms with van der Waals surface area (Å²) in [5, 5.41) is 2.89. The van der Waals surface area contributed by atoms with Crippen LogP contribution in [0.5, 0.6) is 17.4 Å². The fourth-order valence-electron chi connectivity index (χ4n) is 3.05. The van der Waals surface area contributed by atoms with Crippen LogP contribution in [-0.2, 0) is 4.74 Å². The largest absolute Gasteiger partial charge is 0.497 e. The van der Waals surface area contributed by atoms with Crippen LogP contribution in [0.1, 0.15) is 26.2 Å². The molecule has 1 aromatic heterocycles. The quantitative estimate of drug-likeness (QED) is 0.769. The molecule has 0 aliphatic carbocycles. The van der Waals surface area contributed by atoms with Gasteiger partial charge < -0.3 is 24.4 Å². The maximum atomic E-state index is 12.5. The molecule has 2 heterocycles. The van der Waals surface area contributed by atoms with Crippen molar-refractivity contribution >= 4 is 11.7 Å². The second kappa shape index (κ2) is 9.94. The van der Waals surface area contributed by atoms with E-state index in [1.807, 2.05) is 18.2 Å². The molecule has 1 N–H and O–H groups in total. The molecule has 1 aliphatic heterocycles. The van der Waals surface area contributed by atoms with Crippen molar-refractivity contribution in [1.82, 2.24) is 9.88 Å². The normalized spacial score (nSPS) is 16.5. The molecule has 7 heteroatoms. The number of rotatable bonds is 7. The number of carbonyl (C=O) groups is 1. The summed E-state index contributed by atoms with van der Waals surface area (Å²) in [6.45, 7) is 4.18. The first-order valence-electron chi connectivity index (χ1n) is 9.63. The van der Waals surface area contributed by atoms with E-state index >= 15 is 0 Å². The Morgan fingerprint density at radius 1 is 1.29 bits per heavy atom. The molecule has 1 fully saturated rings. The SMILES string of the molecule is CCCO[C@@H]1CCCN(C(=O)Nc2ccc(Oc3cccc(OC)c3)nc2)C1. The number of benzene rings is 1. The number of likely N-dealkylation sites (tertiary alicyclic amines) is 1. The van der Waals surface area contributed by atoms with Crippen LogP contribution < -0.4 is 14.8 Å². The lowest BCUT2D eigenvalue weighted by molar-refractivity contribution is 0.0115. The molecule has 2 amide bonds. The molecular formula is C21H27N3O4. The maximum absolute atomic E-state index is 12.5. The molecule has 0 saturated carbocycles. The molecule has 0 spiro atoms. The van der Waals surface area contributed by atoms with Crippen LogP contribution in [0.15, 0.2) is 42.6 Å². The molecule has 3 rings (SSSR count). The fraction of sp³-hybridized carbons (Fsp3) is 0.429. The third-order valence-electron chi connectivity index (χ3n) is 4.47. The highest BCUT2D eigenvalue weighted by molar-refractivity contribution is 5.89. The Balaban J connectivity index is 1.54. The van der Waals surface area contributed by atoms with Gasteiger partial charge >= 0.3 is 6.03 Å². The van der Waals surface area contributed by atoms with E-state index in [2.05, 4.69) is 17.2 Å². The Hall–Kier alpha value is -2.80. The lowest BCUT2D eigenvalue weighted by Crippen LogP contribution is -2.45. The summed E-state index contributed by atoms with van der Waals surface area (Å²) in [6, 6.07) is 10.7. The van der Waals surface area contributed by atoms with Gasteiger partial charge in [0.1, 0.15) is 11.5 Å². The summed E-state index contributed by atoms with van der Waals surface area (Å²) in [7, 11) is 1.61. The molecular weight excluding hydrogens is 358 g/mol. The number of hydrogen-bond acceptors (Lipinski definition) is 5. The summed E-state index contributed by atoms with van der Waals surface area (Å²) in [4.78, 5) is 18.6. The van der Waals surface area contributed by atoms with E-state index in [9.17, 15) is 4.79 Å². The van der Waals surface area contributed by atoms with E-state index in [0.717, 1.165) is 32.4 Å². The highest BCUT2D eigenvalue weighted by Crippen LogP contribution is 2.24. The van der Waals surface area contributed by atoms with Crippen molar-refractivity contribution in [1.29, 1.82) is 0 Å². The lowest BCUT2D eigenvalue weighted by atomic mass is 10.1. The van der Waals surface area contributed by atoms with Crippen molar-refractivity contribution in [3.63, 3.8) is 0 Å². The van der Waals surface area contributed by atoms with Gasteiger partial charge in [-0.25, -0.2) is 9.78 Å². The van der Waals surface area contributed by atoms with Crippen LogP contribution in [0.2, 0.25) is 0 Å². The molecule has 0 radical (unpaired) electrons. The number of urea groups is 1. The molecule has 1 saturated heterocycles. The molecule has 1 aromatic carbocycles. The van der Waals surface area contributed by atoms with E-state index < -0.39 is 0 Å². The molecule has 1 aliphatic rings. The number of carbonyl (C=O) groups excluding carboxylic acids is 1. The summed E-state index contributed by atoms with van der Waals surface area (Å²) >= 11 is 0. The molecule has 0 bridgehead atoms. The minimum atomic E-state index is -0.131. The number of piperidine rings is 1. The highest BCUT2D eigenvalue weighted by Gasteiger charge is 2.24. The minimum absolute atomic E-state index is 0.121. The van der Waals surface area contributed by atoms with Crippen molar-refractivity contribution in [2.75, 3.05) is 32.1 Å². The number of hydrogen-bond donors (Lipinski definition) is 1. The zero-order valence-corrected chi connectivity index (χ0v) is 16.4. The average Bonchev–Trinajstić information content (AvgIpc) is 2.74. The molecule has 7 nitrogen and oxygen atoms in total. The maximum Gasteiger partial charge on any atom is 0.321 e. The topological polar surface area (TPSA) is 72.9 Å². The van der Waals surface area contributed by atoms with Crippen molar-refractivity contribution in [3.05, 3.63) is 42.6 Å². The number of methoxy groups -OCH3 is 1. The molecule has 2 aromatic rings. The Bertz CT molecular complexity index is 767. The van der Waals surface area contributed by atoms with E-state index in [4.69, 9.17) is 14.2 Å². The van der Waals surface area contributed by atoms with E-state index in [1.165, 1.54) is 0 Å². The van der Waals surface area contributed by atoms with Gasteiger partial charge in [-0.1, -0.05) is 13.0 Å². The zero-order valence-electron chi connectivity index (χ0n) is 16.4. The summed E-state index contributed by atoms with van der Waals surface area (Å²) in [5.41, 5.74) is 0.625. The van der Waals surface area contributed by atoms with Crippen LogP contribution in [0.3, 0.4) is 0 Å². The number of pyridine rings is 1. The van der Waals surface area contributed by atoms with Crippen molar-refractivity contribution < 1.29 is 19.0 Å². The number of anilines is 1. The summed E-state index contributed by atoms with van der Waals surface area (Å²) < 4.78 is 16.7. The van der Waals surface area contributed by atoms with Crippen molar-refractivity contribution in [2.45, 2.75) is 32.3 Å². The fourth-order valence-corrected chi connectivity index (χ4v) is 3.05. The number of amides is 2. The first-order valence-corrected chi connectivity index (χ1v) is 9.63. The van der Waals surface area contributed by atoms with Crippen LogP contribution >= 0.6 is 0 Å². The van der Waals surface area contributed by atoms with Gasteiger partial charge in [0.25, 0.3) is 0 Å². The number of nitrogens with zero attached hydrogens (tertiary/aromatic N) is 2. The van der Waals surface area contributed by atoms with Gasteiger partial charge in [0.15, 0.2) is 0 Å². The van der Waals surface area contributed by atoms with Crippen LogP contribution in [0, 0.1) is 0 Å². The van der Waals surface area contributed by atoms with Gasteiger partial charge in [-0.2, -0.15) is 0 Å². The standard InChI is InChI=1S/C21H27N3O4/c1-3-12-27-19-8-5-11-24(15-19)21(25)23-16-9-10-20(22-14-16)28-18-7-4-6-17(13-18)26-2/h4,6-7,9-10,13-14,19H,3,5,8,11-12,15H2,1-2H3,(H,23,25)/t19-/m1/s1. The Kier molecular flexibility index (Phi) is 7.08. The van der Waals surface area contributed by atoms with Crippen molar-refractivity contribution in [2.24, 2.45) is 0 Å². The second-order valence-corrected chi connectivity index (χ2v) is 6.68. The highest BCUT2D eigenvalue weighted by atomic mass is 16.5. The van der Waals surface area contributed by atoms with Gasteiger partial charge in [0.2, 0.25) is 5.88 Å². The predicted molar refractivity (Wildman–Crippen MR) is 107 cm³/mol. The average molecular weight is 385 g/mol. The third kappa shape index (κ3) is 5.60. The van der Waals surface area contributed by atoms with E-state index in [1.54, 1.807) is 36.4 Å². The predicted octanol–water partition coefficient (Wildman–Crippen LogP) is 4.31. The number of ether oxygens (including phenoxy) is 3. The number of nitrogens with one attached hydrogen (secondary N) is 1. The van der Waals surface area contributed by atoms with Gasteiger partial charge in [-0.15, -0.1) is 0 Å². The summed E-state index contributed by atoms with van der Waals surface area (Å²) in [5.74, 6) is 1.79. The first kappa shape index (κ1) is 19.9. The molecule has 28 heavy (non-hydrogen) atoms. The minimum Gasteiger partial charge on any atom is -0.497 e. The Morgan fingerprint density at radius 2 is 2.14 bits per heavy atom. The van der Waals surface area contributed by atoms with Crippen LogP contribution in [0.4, 0.5) is 10.5 Å².